The number of nitrogens with one attached hydrogen (secondary N) is 2. The summed E-state index contributed by atoms with van der Waals surface area (Å²) >= 11 is 0. The van der Waals surface area contributed by atoms with Gasteiger partial charge < -0.3 is 10.3 Å². The van der Waals surface area contributed by atoms with Crippen LogP contribution in [0.15, 0.2) is 10.9 Å². The van der Waals surface area contributed by atoms with Crippen LogP contribution in [0.4, 0.5) is 0 Å². The van der Waals surface area contributed by atoms with E-state index in [0.717, 1.165) is 11.4 Å². The maximum Gasteiger partial charge on any atom is 0.345 e. The van der Waals surface area contributed by atoms with Gasteiger partial charge in [0.25, 0.3) is 0 Å². The Kier molecular flexibility index (Phi) is 2.63. The number of aromatic nitrogens is 2. The van der Waals surface area contributed by atoms with Crippen molar-refractivity contribution in [2.75, 3.05) is 7.05 Å². The summed E-state index contributed by atoms with van der Waals surface area (Å²) in [6.07, 6.45) is 3.62. The molecule has 1 aliphatic carbocycles. The van der Waals surface area contributed by atoms with Crippen LogP contribution in [0.1, 0.15) is 36.6 Å². The third-order valence-electron chi connectivity index (χ3n) is 2.71. The molecule has 2 N–H and O–H groups in total. The van der Waals surface area contributed by atoms with E-state index in [0.29, 0.717) is 12.5 Å². The Bertz CT molecular complexity index is 368. The Morgan fingerprint density at radius 3 is 3.00 bits per heavy atom. The Morgan fingerprint density at radius 2 is 2.43 bits per heavy atom. The minimum atomic E-state index is -0.223. The molecular weight excluding hydrogens is 178 g/mol. The SMILES string of the molecule is CNCc1cc(C2CCC2)nc(=O)[nH]1. The molecule has 76 valence electrons. The molecule has 1 saturated carbocycles. The van der Waals surface area contributed by atoms with E-state index in [4.69, 9.17) is 0 Å². The second-order valence-corrected chi connectivity index (χ2v) is 3.79. The van der Waals surface area contributed by atoms with Gasteiger partial charge >= 0.3 is 5.69 Å². The first-order valence-corrected chi connectivity index (χ1v) is 5.04. The van der Waals surface area contributed by atoms with Crippen molar-refractivity contribution in [3.8, 4) is 0 Å². The number of nitrogens with zero attached hydrogens (tertiary/aromatic N) is 1. The van der Waals surface area contributed by atoms with Crippen molar-refractivity contribution < 1.29 is 0 Å². The fourth-order valence-electron chi connectivity index (χ4n) is 1.73. The number of hydrogen-bond acceptors (Lipinski definition) is 3. The van der Waals surface area contributed by atoms with E-state index >= 15 is 0 Å². The van der Waals surface area contributed by atoms with Gasteiger partial charge in [-0.25, -0.2) is 4.79 Å². The van der Waals surface area contributed by atoms with E-state index in [1.165, 1.54) is 19.3 Å². The first kappa shape index (κ1) is 9.40. The van der Waals surface area contributed by atoms with E-state index in [-0.39, 0.29) is 5.69 Å². The minimum Gasteiger partial charge on any atom is -0.314 e. The second-order valence-electron chi connectivity index (χ2n) is 3.79. The lowest BCUT2D eigenvalue weighted by Crippen LogP contribution is -2.21. The standard InChI is InChI=1S/C10H15N3O/c1-11-6-8-5-9(7-3-2-4-7)13-10(14)12-8/h5,7,11H,2-4,6H2,1H3,(H,12,13,14). The van der Waals surface area contributed by atoms with Crippen LogP contribution in [0.2, 0.25) is 0 Å². The van der Waals surface area contributed by atoms with Crippen LogP contribution in [0, 0.1) is 0 Å². The van der Waals surface area contributed by atoms with Crippen molar-refractivity contribution in [1.29, 1.82) is 0 Å². The van der Waals surface area contributed by atoms with E-state index in [1.54, 1.807) is 0 Å². The number of H-pyrrole nitrogens is 1. The molecule has 4 heteroatoms. The number of rotatable bonds is 3. The lowest BCUT2D eigenvalue weighted by Gasteiger charge is -2.24. The molecule has 1 aromatic heterocycles. The molecule has 0 radical (unpaired) electrons. The highest BCUT2D eigenvalue weighted by molar-refractivity contribution is 5.14. The summed E-state index contributed by atoms with van der Waals surface area (Å²) in [5.41, 5.74) is 1.67. The first-order valence-electron chi connectivity index (χ1n) is 5.04. The highest BCUT2D eigenvalue weighted by atomic mass is 16.1. The second kappa shape index (κ2) is 3.92. The Hall–Kier alpha value is -1.16. The zero-order chi connectivity index (χ0) is 9.97. The summed E-state index contributed by atoms with van der Waals surface area (Å²) in [4.78, 5) is 18.0. The van der Waals surface area contributed by atoms with Gasteiger partial charge in [0.2, 0.25) is 0 Å². The number of aromatic amines is 1. The minimum absolute atomic E-state index is 0.223. The van der Waals surface area contributed by atoms with Crippen molar-refractivity contribution in [1.82, 2.24) is 15.3 Å². The van der Waals surface area contributed by atoms with E-state index < -0.39 is 0 Å². The predicted octanol–water partition coefficient (Wildman–Crippen LogP) is 0.757. The first-order chi connectivity index (χ1) is 6.79. The average Bonchev–Trinajstić information content (AvgIpc) is 1.99. The molecule has 0 atom stereocenters. The molecule has 0 aliphatic heterocycles. The van der Waals surface area contributed by atoms with E-state index in [9.17, 15) is 4.79 Å². The van der Waals surface area contributed by atoms with Crippen molar-refractivity contribution in [2.24, 2.45) is 0 Å². The normalized spacial score (nSPS) is 16.6. The van der Waals surface area contributed by atoms with Crippen LogP contribution >= 0.6 is 0 Å². The molecule has 0 bridgehead atoms. The van der Waals surface area contributed by atoms with Gasteiger partial charge in [-0.1, -0.05) is 6.42 Å². The molecular formula is C10H15N3O. The highest BCUT2D eigenvalue weighted by Crippen LogP contribution is 2.34. The van der Waals surface area contributed by atoms with E-state index in [2.05, 4.69) is 15.3 Å². The molecule has 14 heavy (non-hydrogen) atoms. The zero-order valence-corrected chi connectivity index (χ0v) is 8.34. The smallest absolute Gasteiger partial charge is 0.314 e. The topological polar surface area (TPSA) is 57.8 Å². The predicted molar refractivity (Wildman–Crippen MR) is 54.2 cm³/mol. The fourth-order valence-corrected chi connectivity index (χ4v) is 1.73. The van der Waals surface area contributed by atoms with Gasteiger partial charge in [0.15, 0.2) is 0 Å². The quantitative estimate of drug-likeness (QED) is 0.745. The van der Waals surface area contributed by atoms with Crippen LogP contribution in [-0.4, -0.2) is 17.0 Å². The molecule has 1 aliphatic rings. The third-order valence-corrected chi connectivity index (χ3v) is 2.71. The molecule has 1 fully saturated rings. The van der Waals surface area contributed by atoms with Gasteiger partial charge in [-0.05, 0) is 26.0 Å². The Labute approximate surface area is 82.8 Å². The Morgan fingerprint density at radius 1 is 1.64 bits per heavy atom. The molecule has 2 rings (SSSR count). The molecule has 0 spiro atoms. The molecule has 0 aromatic carbocycles. The average molecular weight is 193 g/mol. The highest BCUT2D eigenvalue weighted by Gasteiger charge is 2.21. The molecule has 0 saturated heterocycles. The van der Waals surface area contributed by atoms with Gasteiger partial charge in [-0.15, -0.1) is 0 Å². The van der Waals surface area contributed by atoms with Crippen LogP contribution in [-0.2, 0) is 6.54 Å². The summed E-state index contributed by atoms with van der Waals surface area (Å²) in [7, 11) is 1.86. The van der Waals surface area contributed by atoms with Gasteiger partial charge in [-0.3, -0.25) is 0 Å². The molecule has 1 heterocycles. The number of hydrogen-bond donors (Lipinski definition) is 2. The van der Waals surface area contributed by atoms with Gasteiger partial charge in [0.05, 0.1) is 5.69 Å². The zero-order valence-electron chi connectivity index (χ0n) is 8.34. The summed E-state index contributed by atoms with van der Waals surface area (Å²) in [5.74, 6) is 0.521. The van der Waals surface area contributed by atoms with Crippen molar-refractivity contribution in [2.45, 2.75) is 31.7 Å². The molecule has 1 aromatic rings. The fraction of sp³-hybridized carbons (Fsp3) is 0.600. The van der Waals surface area contributed by atoms with Crippen LogP contribution in [0.3, 0.4) is 0 Å². The maximum atomic E-state index is 11.2. The summed E-state index contributed by atoms with van der Waals surface area (Å²) < 4.78 is 0. The Balaban J connectivity index is 2.26. The van der Waals surface area contributed by atoms with Gasteiger partial charge in [0, 0.05) is 18.2 Å². The van der Waals surface area contributed by atoms with Crippen LogP contribution < -0.4 is 11.0 Å². The molecule has 0 unspecified atom stereocenters. The lowest BCUT2D eigenvalue weighted by molar-refractivity contribution is 0.409. The largest absolute Gasteiger partial charge is 0.345 e. The monoisotopic (exact) mass is 193 g/mol. The lowest BCUT2D eigenvalue weighted by atomic mass is 9.82. The summed E-state index contributed by atoms with van der Waals surface area (Å²) in [5, 5.41) is 3.02. The molecule has 0 amide bonds. The third kappa shape index (κ3) is 1.85. The van der Waals surface area contributed by atoms with E-state index in [1.807, 2.05) is 13.1 Å². The van der Waals surface area contributed by atoms with Gasteiger partial charge in [-0.2, -0.15) is 4.98 Å². The van der Waals surface area contributed by atoms with Crippen LogP contribution in [0.25, 0.3) is 0 Å². The summed E-state index contributed by atoms with van der Waals surface area (Å²) in [6, 6.07) is 2.00. The van der Waals surface area contributed by atoms with Crippen molar-refractivity contribution in [3.05, 3.63) is 27.9 Å². The van der Waals surface area contributed by atoms with Gasteiger partial charge in [0.1, 0.15) is 0 Å². The molecule has 4 nitrogen and oxygen atoms in total. The van der Waals surface area contributed by atoms with Crippen LogP contribution in [0.5, 0.6) is 0 Å². The maximum absolute atomic E-state index is 11.2. The van der Waals surface area contributed by atoms with Crippen molar-refractivity contribution >= 4 is 0 Å². The van der Waals surface area contributed by atoms with Crippen molar-refractivity contribution in [3.63, 3.8) is 0 Å². The summed E-state index contributed by atoms with van der Waals surface area (Å²) in [6.45, 7) is 0.692.